The number of H-pyrrole nitrogens is 1. The lowest BCUT2D eigenvalue weighted by molar-refractivity contribution is -0.0146. The van der Waals surface area contributed by atoms with Crippen molar-refractivity contribution in [2.45, 2.75) is 70.1 Å². The topological polar surface area (TPSA) is 59.5 Å². The molecule has 4 rings (SSSR count). The first-order valence-electron chi connectivity index (χ1n) is 10.7. The van der Waals surface area contributed by atoms with Gasteiger partial charge in [-0.2, -0.15) is 0 Å². The maximum absolute atomic E-state index is 12.7. The lowest BCUT2D eigenvalue weighted by Crippen LogP contribution is -2.52. The summed E-state index contributed by atoms with van der Waals surface area (Å²) < 4.78 is 13.2. The van der Waals surface area contributed by atoms with E-state index in [1.54, 1.807) is 0 Å². The van der Waals surface area contributed by atoms with E-state index in [1.165, 1.54) is 12.8 Å². The Labute approximate surface area is 166 Å². The first-order valence-corrected chi connectivity index (χ1v) is 10.7. The first-order chi connectivity index (χ1) is 13.5. The monoisotopic (exact) mass is 387 g/mol. The van der Waals surface area contributed by atoms with Crippen LogP contribution < -0.4 is 10.4 Å². The molecule has 1 N–H and O–H groups in total. The molecule has 1 saturated carbocycles. The SMILES string of the molecule is CCOc1ccc2[nH]c(=O)n(C3CCN(C4(C)CCC(OC)CC4)CC3)c2c1. The molecular formula is C22H33N3O3. The van der Waals surface area contributed by atoms with Crippen molar-refractivity contribution in [2.75, 3.05) is 26.8 Å². The van der Waals surface area contributed by atoms with E-state index in [-0.39, 0.29) is 17.3 Å². The highest BCUT2D eigenvalue weighted by Crippen LogP contribution is 2.38. The Kier molecular flexibility index (Phi) is 5.52. The zero-order valence-electron chi connectivity index (χ0n) is 17.4. The van der Waals surface area contributed by atoms with Gasteiger partial charge in [-0.3, -0.25) is 9.47 Å². The number of nitrogens with one attached hydrogen (secondary N) is 1. The smallest absolute Gasteiger partial charge is 0.326 e. The molecule has 2 aliphatic rings. The highest BCUT2D eigenvalue weighted by atomic mass is 16.5. The molecule has 6 nitrogen and oxygen atoms in total. The molecule has 1 aromatic carbocycles. The third-order valence-electron chi connectivity index (χ3n) is 6.94. The molecule has 0 radical (unpaired) electrons. The number of aromatic amines is 1. The van der Waals surface area contributed by atoms with Gasteiger partial charge in [-0.15, -0.1) is 0 Å². The van der Waals surface area contributed by atoms with Gasteiger partial charge in [0.2, 0.25) is 0 Å². The minimum Gasteiger partial charge on any atom is -0.494 e. The fraction of sp³-hybridized carbons (Fsp3) is 0.682. The molecule has 1 aliphatic heterocycles. The summed E-state index contributed by atoms with van der Waals surface area (Å²) in [7, 11) is 1.83. The normalized spacial score (nSPS) is 27.3. The lowest BCUT2D eigenvalue weighted by atomic mass is 9.79. The summed E-state index contributed by atoms with van der Waals surface area (Å²) in [6.45, 7) is 7.10. The average molecular weight is 388 g/mol. The number of ether oxygens (including phenoxy) is 2. The Morgan fingerprint density at radius 1 is 1.18 bits per heavy atom. The minimum absolute atomic E-state index is 0.00564. The van der Waals surface area contributed by atoms with Crippen LogP contribution in [0.5, 0.6) is 5.75 Å². The van der Waals surface area contributed by atoms with Crippen molar-refractivity contribution in [3.63, 3.8) is 0 Å². The van der Waals surface area contributed by atoms with Gasteiger partial charge in [0.15, 0.2) is 0 Å². The number of hydrogen-bond acceptors (Lipinski definition) is 4. The summed E-state index contributed by atoms with van der Waals surface area (Å²) in [5, 5.41) is 0. The summed E-state index contributed by atoms with van der Waals surface area (Å²) in [5.41, 5.74) is 2.11. The zero-order chi connectivity index (χ0) is 19.7. The molecule has 2 aromatic rings. The number of aromatic nitrogens is 2. The fourth-order valence-corrected chi connectivity index (χ4v) is 5.15. The largest absolute Gasteiger partial charge is 0.494 e. The van der Waals surface area contributed by atoms with Crippen molar-refractivity contribution in [1.29, 1.82) is 0 Å². The van der Waals surface area contributed by atoms with Gasteiger partial charge in [0, 0.05) is 37.8 Å². The van der Waals surface area contributed by atoms with E-state index in [9.17, 15) is 4.79 Å². The molecule has 0 spiro atoms. The standard InChI is InChI=1S/C22H33N3O3/c1-4-28-18-5-6-19-20(15-18)25(21(26)23-19)16-9-13-24(14-10-16)22(2)11-7-17(27-3)8-12-22/h5-6,15-17H,4,7-14H2,1-3H3,(H,23,26). The highest BCUT2D eigenvalue weighted by molar-refractivity contribution is 5.77. The van der Waals surface area contributed by atoms with Crippen LogP contribution in [0.15, 0.2) is 23.0 Å². The van der Waals surface area contributed by atoms with Gasteiger partial charge in [-0.25, -0.2) is 4.79 Å². The number of imidazole rings is 1. The van der Waals surface area contributed by atoms with Gasteiger partial charge in [-0.1, -0.05) is 0 Å². The van der Waals surface area contributed by atoms with Gasteiger partial charge in [0.05, 0.1) is 23.7 Å². The third kappa shape index (κ3) is 3.60. The quantitative estimate of drug-likeness (QED) is 0.850. The number of piperidine rings is 1. The predicted octanol–water partition coefficient (Wildman–Crippen LogP) is 3.71. The maximum atomic E-state index is 12.7. The molecule has 6 heteroatoms. The van der Waals surface area contributed by atoms with Crippen LogP contribution in [0, 0.1) is 0 Å². The van der Waals surface area contributed by atoms with E-state index in [0.717, 1.165) is 55.6 Å². The van der Waals surface area contributed by atoms with Crippen LogP contribution in [0.2, 0.25) is 0 Å². The van der Waals surface area contributed by atoms with Crippen molar-refractivity contribution in [2.24, 2.45) is 0 Å². The summed E-state index contributed by atoms with van der Waals surface area (Å²) in [5.74, 6) is 0.822. The summed E-state index contributed by atoms with van der Waals surface area (Å²) in [6, 6.07) is 6.11. The molecular weight excluding hydrogens is 354 g/mol. The number of rotatable bonds is 5. The summed E-state index contributed by atoms with van der Waals surface area (Å²) in [6.07, 6.45) is 7.13. The third-order valence-corrected chi connectivity index (χ3v) is 6.94. The van der Waals surface area contributed by atoms with Gasteiger partial charge < -0.3 is 14.5 Å². The Morgan fingerprint density at radius 2 is 1.89 bits per heavy atom. The van der Waals surface area contributed by atoms with E-state index in [4.69, 9.17) is 9.47 Å². The van der Waals surface area contributed by atoms with Crippen LogP contribution in [-0.4, -0.2) is 52.9 Å². The molecule has 2 heterocycles. The number of fused-ring (bicyclic) bond motifs is 1. The van der Waals surface area contributed by atoms with Crippen LogP contribution in [0.3, 0.4) is 0 Å². The van der Waals surface area contributed by atoms with Crippen LogP contribution in [0.1, 0.15) is 58.4 Å². The summed E-state index contributed by atoms with van der Waals surface area (Å²) in [4.78, 5) is 18.3. The number of likely N-dealkylation sites (tertiary alicyclic amines) is 1. The second kappa shape index (κ2) is 7.91. The molecule has 1 saturated heterocycles. The van der Waals surface area contributed by atoms with Gasteiger partial charge in [0.25, 0.3) is 0 Å². The van der Waals surface area contributed by atoms with E-state index < -0.39 is 0 Å². The van der Waals surface area contributed by atoms with E-state index in [2.05, 4.69) is 16.8 Å². The van der Waals surface area contributed by atoms with Crippen molar-refractivity contribution < 1.29 is 9.47 Å². The van der Waals surface area contributed by atoms with E-state index >= 15 is 0 Å². The molecule has 0 bridgehead atoms. The van der Waals surface area contributed by atoms with Gasteiger partial charge in [-0.05, 0) is 64.5 Å². The Bertz CT molecular complexity index is 856. The highest BCUT2D eigenvalue weighted by Gasteiger charge is 2.38. The Morgan fingerprint density at radius 3 is 2.54 bits per heavy atom. The van der Waals surface area contributed by atoms with Gasteiger partial charge in [0.1, 0.15) is 5.75 Å². The van der Waals surface area contributed by atoms with Crippen LogP contribution >= 0.6 is 0 Å². The zero-order valence-corrected chi connectivity index (χ0v) is 17.4. The first kappa shape index (κ1) is 19.5. The molecule has 0 unspecified atom stereocenters. The lowest BCUT2D eigenvalue weighted by Gasteiger charge is -2.48. The number of methoxy groups -OCH3 is 1. The molecule has 1 aromatic heterocycles. The summed E-state index contributed by atoms with van der Waals surface area (Å²) >= 11 is 0. The molecule has 2 fully saturated rings. The van der Waals surface area contributed by atoms with E-state index in [0.29, 0.717) is 12.7 Å². The van der Waals surface area contributed by atoms with Crippen LogP contribution in [-0.2, 0) is 4.74 Å². The maximum Gasteiger partial charge on any atom is 0.326 e. The van der Waals surface area contributed by atoms with Gasteiger partial charge >= 0.3 is 5.69 Å². The second-order valence-electron chi connectivity index (χ2n) is 8.56. The molecule has 0 amide bonds. The van der Waals surface area contributed by atoms with Crippen molar-refractivity contribution in [3.05, 3.63) is 28.7 Å². The molecule has 1 aliphatic carbocycles. The van der Waals surface area contributed by atoms with Crippen molar-refractivity contribution in [1.82, 2.24) is 14.5 Å². The minimum atomic E-state index is -0.00564. The predicted molar refractivity (Wildman–Crippen MR) is 111 cm³/mol. The van der Waals surface area contributed by atoms with Crippen molar-refractivity contribution in [3.8, 4) is 5.75 Å². The fourth-order valence-electron chi connectivity index (χ4n) is 5.15. The second-order valence-corrected chi connectivity index (χ2v) is 8.56. The van der Waals surface area contributed by atoms with Crippen molar-refractivity contribution >= 4 is 11.0 Å². The van der Waals surface area contributed by atoms with Crippen LogP contribution in [0.25, 0.3) is 11.0 Å². The molecule has 28 heavy (non-hydrogen) atoms. The Hall–Kier alpha value is -1.79. The number of benzene rings is 1. The average Bonchev–Trinajstić information content (AvgIpc) is 3.04. The number of hydrogen-bond donors (Lipinski definition) is 1. The van der Waals surface area contributed by atoms with E-state index in [1.807, 2.05) is 36.8 Å². The Balaban J connectivity index is 1.49. The molecule has 0 atom stereocenters. The van der Waals surface area contributed by atoms with Crippen LogP contribution in [0.4, 0.5) is 0 Å². The molecule has 154 valence electrons. The number of nitrogens with zero attached hydrogens (tertiary/aromatic N) is 2.